The normalized spacial score (nSPS) is 14.5. The second-order valence-corrected chi connectivity index (χ2v) is 8.48. The van der Waals surface area contributed by atoms with Gasteiger partial charge in [0.2, 0.25) is 0 Å². The topological polar surface area (TPSA) is 58.6 Å². The van der Waals surface area contributed by atoms with Crippen LogP contribution in [0.5, 0.6) is 0 Å². The number of ether oxygens (including phenoxy) is 1. The van der Waals surface area contributed by atoms with Crippen molar-refractivity contribution < 1.29 is 22.7 Å². The molecule has 1 aromatic heterocycles. The first-order chi connectivity index (χ1) is 16.2. The Morgan fingerprint density at radius 3 is 2.21 bits per heavy atom. The molecule has 1 aliphatic heterocycles. The lowest BCUT2D eigenvalue weighted by Crippen LogP contribution is -2.47. The van der Waals surface area contributed by atoms with Crippen molar-refractivity contribution in [1.29, 1.82) is 0 Å². The summed E-state index contributed by atoms with van der Waals surface area (Å²) in [7, 11) is 0. The van der Waals surface area contributed by atoms with Gasteiger partial charge in [-0.3, -0.25) is 0 Å². The molecule has 0 N–H and O–H groups in total. The molecule has 0 radical (unpaired) electrons. The molecule has 180 valence electrons. The van der Waals surface area contributed by atoms with Crippen molar-refractivity contribution in [1.82, 2.24) is 9.97 Å². The molecule has 0 spiro atoms. The number of aromatic nitrogens is 2. The molecule has 0 amide bonds. The van der Waals surface area contributed by atoms with E-state index in [1.807, 2.05) is 42.7 Å². The highest BCUT2D eigenvalue weighted by atomic mass is 19.4. The quantitative estimate of drug-likeness (QED) is 0.478. The van der Waals surface area contributed by atoms with Crippen molar-refractivity contribution in [2.45, 2.75) is 33.4 Å². The molecule has 34 heavy (non-hydrogen) atoms. The Balaban J connectivity index is 1.62. The number of alkyl halides is 3. The fourth-order valence-electron chi connectivity index (χ4n) is 3.98. The van der Waals surface area contributed by atoms with Gasteiger partial charge in [0.1, 0.15) is 0 Å². The molecule has 1 saturated heterocycles. The van der Waals surface area contributed by atoms with Crippen molar-refractivity contribution in [3.63, 3.8) is 0 Å². The summed E-state index contributed by atoms with van der Waals surface area (Å²) >= 11 is 0. The number of rotatable bonds is 5. The van der Waals surface area contributed by atoms with Crippen LogP contribution in [0.4, 0.5) is 24.7 Å². The Hall–Kier alpha value is -3.36. The Labute approximate surface area is 196 Å². The molecule has 0 aliphatic carbocycles. The van der Waals surface area contributed by atoms with Crippen LogP contribution in [-0.4, -0.2) is 48.7 Å². The van der Waals surface area contributed by atoms with Gasteiger partial charge in [-0.1, -0.05) is 13.0 Å². The number of benzene rings is 2. The number of aryl methyl sites for hydroxylation is 2. The average molecular weight is 473 g/mol. The number of fused-ring (bicyclic) bond motifs is 1. The summed E-state index contributed by atoms with van der Waals surface area (Å²) < 4.78 is 44.7. The maximum Gasteiger partial charge on any atom is 0.416 e. The summed E-state index contributed by atoms with van der Waals surface area (Å²) in [4.78, 5) is 26.0. The number of carbonyl (C=O) groups excluding carboxylic acids is 1. The number of halogens is 3. The lowest BCUT2D eigenvalue weighted by atomic mass is 10.1. The SMILES string of the molecule is CCCOC(=O)c1nc2cc(C)c(C)cc2nc1N1CCN(c2cccc(C(F)(F)F)c2)CC1. The minimum absolute atomic E-state index is 0.164. The maximum absolute atomic E-state index is 13.1. The van der Waals surface area contributed by atoms with E-state index in [4.69, 9.17) is 9.72 Å². The molecule has 0 bridgehead atoms. The molecule has 9 heteroatoms. The van der Waals surface area contributed by atoms with Crippen molar-refractivity contribution in [2.75, 3.05) is 42.6 Å². The van der Waals surface area contributed by atoms with Crippen molar-refractivity contribution in [2.24, 2.45) is 0 Å². The first-order valence-electron chi connectivity index (χ1n) is 11.3. The van der Waals surface area contributed by atoms with E-state index in [0.717, 1.165) is 17.2 Å². The van der Waals surface area contributed by atoms with Crippen LogP contribution in [-0.2, 0) is 10.9 Å². The zero-order chi connectivity index (χ0) is 24.5. The number of piperazine rings is 1. The molecule has 4 rings (SSSR count). The van der Waals surface area contributed by atoms with Crippen molar-refractivity contribution >= 4 is 28.5 Å². The van der Waals surface area contributed by atoms with Crippen LogP contribution in [0.2, 0.25) is 0 Å². The molecule has 3 aromatic rings. The standard InChI is InChI=1S/C25H27F3N4O2/c1-4-12-34-24(33)22-23(30-21-14-17(3)16(2)13-20(21)29-22)32-10-8-31(9-11-32)19-7-5-6-18(15-19)25(26,27)28/h5-7,13-15H,4,8-12H2,1-3H3. The van der Waals surface area contributed by atoms with Crippen LogP contribution in [0.3, 0.4) is 0 Å². The highest BCUT2D eigenvalue weighted by Gasteiger charge is 2.31. The van der Waals surface area contributed by atoms with Crippen LogP contribution in [0.15, 0.2) is 36.4 Å². The number of nitrogens with zero attached hydrogens (tertiary/aromatic N) is 4. The molecular weight excluding hydrogens is 445 g/mol. The predicted molar refractivity (Wildman–Crippen MR) is 125 cm³/mol. The van der Waals surface area contributed by atoms with Gasteiger partial charge in [0.05, 0.1) is 23.2 Å². The smallest absolute Gasteiger partial charge is 0.416 e. The van der Waals surface area contributed by atoms with E-state index in [-0.39, 0.29) is 12.3 Å². The average Bonchev–Trinajstić information content (AvgIpc) is 2.82. The monoisotopic (exact) mass is 472 g/mol. The van der Waals surface area contributed by atoms with Crippen LogP contribution in [0, 0.1) is 13.8 Å². The van der Waals surface area contributed by atoms with Gasteiger partial charge in [-0.15, -0.1) is 0 Å². The fourth-order valence-corrected chi connectivity index (χ4v) is 3.98. The van der Waals surface area contributed by atoms with E-state index < -0.39 is 17.7 Å². The third kappa shape index (κ3) is 4.93. The zero-order valence-corrected chi connectivity index (χ0v) is 19.4. The third-order valence-electron chi connectivity index (χ3n) is 6.01. The first-order valence-corrected chi connectivity index (χ1v) is 11.3. The highest BCUT2D eigenvalue weighted by molar-refractivity contribution is 5.95. The highest BCUT2D eigenvalue weighted by Crippen LogP contribution is 2.32. The molecule has 2 aromatic carbocycles. The third-order valence-corrected chi connectivity index (χ3v) is 6.01. The number of anilines is 2. The van der Waals surface area contributed by atoms with E-state index in [0.29, 0.717) is 55.1 Å². The Bertz CT molecular complexity index is 1200. The largest absolute Gasteiger partial charge is 0.461 e. The summed E-state index contributed by atoms with van der Waals surface area (Å²) in [6.45, 7) is 8.10. The van der Waals surface area contributed by atoms with Gasteiger partial charge < -0.3 is 14.5 Å². The number of hydrogen-bond acceptors (Lipinski definition) is 6. The summed E-state index contributed by atoms with van der Waals surface area (Å²) in [5.74, 6) is -0.0784. The summed E-state index contributed by atoms with van der Waals surface area (Å²) in [5.41, 5.74) is 3.45. The van der Waals surface area contributed by atoms with E-state index in [1.165, 1.54) is 12.1 Å². The van der Waals surface area contributed by atoms with Gasteiger partial charge in [-0.2, -0.15) is 13.2 Å². The predicted octanol–water partition coefficient (Wildman–Crippen LogP) is 5.16. The number of esters is 1. The van der Waals surface area contributed by atoms with E-state index in [2.05, 4.69) is 4.98 Å². The minimum Gasteiger partial charge on any atom is -0.461 e. The van der Waals surface area contributed by atoms with E-state index in [1.54, 1.807) is 6.07 Å². The molecule has 1 fully saturated rings. The van der Waals surface area contributed by atoms with Crippen LogP contribution >= 0.6 is 0 Å². The molecule has 0 unspecified atom stereocenters. The zero-order valence-electron chi connectivity index (χ0n) is 19.4. The molecule has 2 heterocycles. The molecule has 1 aliphatic rings. The van der Waals surface area contributed by atoms with E-state index in [9.17, 15) is 18.0 Å². The Morgan fingerprint density at radius 1 is 0.971 bits per heavy atom. The molecular formula is C25H27F3N4O2. The second kappa shape index (κ2) is 9.48. The van der Waals surface area contributed by atoms with E-state index >= 15 is 0 Å². The van der Waals surface area contributed by atoms with Gasteiger partial charge in [0, 0.05) is 31.9 Å². The Morgan fingerprint density at radius 2 is 1.59 bits per heavy atom. The van der Waals surface area contributed by atoms with Crippen molar-refractivity contribution in [3.8, 4) is 0 Å². The summed E-state index contributed by atoms with van der Waals surface area (Å²) in [6, 6.07) is 9.20. The second-order valence-electron chi connectivity index (χ2n) is 8.48. The summed E-state index contributed by atoms with van der Waals surface area (Å²) in [6.07, 6.45) is -3.70. The van der Waals surface area contributed by atoms with Crippen LogP contribution in [0.1, 0.15) is 40.5 Å². The lowest BCUT2D eigenvalue weighted by Gasteiger charge is -2.37. The van der Waals surface area contributed by atoms with Gasteiger partial charge >= 0.3 is 12.1 Å². The van der Waals surface area contributed by atoms with Crippen LogP contribution in [0.25, 0.3) is 11.0 Å². The van der Waals surface area contributed by atoms with Crippen LogP contribution < -0.4 is 9.80 Å². The maximum atomic E-state index is 13.1. The Kier molecular flexibility index (Phi) is 6.63. The molecule has 0 saturated carbocycles. The number of carbonyl (C=O) groups is 1. The van der Waals surface area contributed by atoms with Gasteiger partial charge in [0.15, 0.2) is 11.5 Å². The first kappa shape index (κ1) is 23.8. The van der Waals surface area contributed by atoms with Crippen molar-refractivity contribution in [3.05, 3.63) is 58.8 Å². The van der Waals surface area contributed by atoms with Gasteiger partial charge in [0.25, 0.3) is 0 Å². The fraction of sp³-hybridized carbons (Fsp3) is 0.400. The minimum atomic E-state index is -4.39. The van der Waals surface area contributed by atoms with Gasteiger partial charge in [-0.05, 0) is 61.7 Å². The summed E-state index contributed by atoms with van der Waals surface area (Å²) in [5, 5.41) is 0. The number of hydrogen-bond donors (Lipinski definition) is 0. The lowest BCUT2D eigenvalue weighted by molar-refractivity contribution is -0.137. The molecule has 0 atom stereocenters. The van der Waals surface area contributed by atoms with Gasteiger partial charge in [-0.25, -0.2) is 14.8 Å². The molecule has 6 nitrogen and oxygen atoms in total.